The van der Waals surface area contributed by atoms with Crippen molar-refractivity contribution in [2.75, 3.05) is 26.5 Å². The predicted molar refractivity (Wildman–Crippen MR) is 116 cm³/mol. The highest BCUT2D eigenvalue weighted by Gasteiger charge is 2.19. The van der Waals surface area contributed by atoms with Crippen molar-refractivity contribution in [3.05, 3.63) is 54.7 Å². The van der Waals surface area contributed by atoms with Crippen LogP contribution in [0.25, 0.3) is 11.3 Å². The van der Waals surface area contributed by atoms with E-state index in [1.807, 2.05) is 0 Å². The fraction of sp³-hybridized carbons (Fsp3) is 0.158. The molecule has 0 aliphatic carbocycles. The van der Waals surface area contributed by atoms with Crippen LogP contribution in [0, 0.1) is 0 Å². The van der Waals surface area contributed by atoms with Crippen molar-refractivity contribution in [1.29, 1.82) is 0 Å². The maximum atomic E-state index is 12.3. The van der Waals surface area contributed by atoms with Gasteiger partial charge in [-0.1, -0.05) is 0 Å². The third-order valence-electron chi connectivity index (χ3n) is 4.36. The number of benzene rings is 2. The molecule has 3 rings (SSSR count). The molecule has 1 aromatic heterocycles. The van der Waals surface area contributed by atoms with Crippen LogP contribution in [0.3, 0.4) is 0 Å². The van der Waals surface area contributed by atoms with Gasteiger partial charge in [-0.05, 0) is 62.6 Å². The summed E-state index contributed by atoms with van der Waals surface area (Å²) in [7, 11) is -3.21. The second-order valence-electron chi connectivity index (χ2n) is 6.20. The predicted octanol–water partition coefficient (Wildman–Crippen LogP) is 1.71. The fourth-order valence-corrected chi connectivity index (χ4v) is 4.35. The van der Waals surface area contributed by atoms with Gasteiger partial charge in [0.2, 0.25) is 26.0 Å². The molecule has 0 unspecified atom stereocenters. The zero-order valence-corrected chi connectivity index (χ0v) is 18.6. The number of nitrogens with zero attached hydrogens (tertiary/aromatic N) is 2. The van der Waals surface area contributed by atoms with Crippen molar-refractivity contribution in [2.24, 2.45) is 0 Å². The summed E-state index contributed by atoms with van der Waals surface area (Å²) in [5.74, 6) is 0.470. The summed E-state index contributed by atoms with van der Waals surface area (Å²) < 4.78 is 57.9. The molecular formula is C19H21N5O5S2. The lowest BCUT2D eigenvalue weighted by Gasteiger charge is -2.11. The molecule has 31 heavy (non-hydrogen) atoms. The molecule has 164 valence electrons. The highest BCUT2D eigenvalue weighted by atomic mass is 32.2. The minimum Gasteiger partial charge on any atom is -0.495 e. The Labute approximate surface area is 180 Å². The zero-order chi connectivity index (χ0) is 22.6. The van der Waals surface area contributed by atoms with Crippen LogP contribution in [0.15, 0.2) is 64.5 Å². The van der Waals surface area contributed by atoms with Gasteiger partial charge in [-0.25, -0.2) is 36.2 Å². The van der Waals surface area contributed by atoms with Crippen molar-refractivity contribution in [3.8, 4) is 17.0 Å². The number of ether oxygens (including phenoxy) is 1. The summed E-state index contributed by atoms with van der Waals surface area (Å²) in [6.45, 7) is 0. The number of aromatic nitrogens is 2. The molecule has 3 aromatic rings. The Balaban J connectivity index is 1.91. The Bertz CT molecular complexity index is 1290. The number of rotatable bonds is 8. The zero-order valence-electron chi connectivity index (χ0n) is 16.9. The first-order chi connectivity index (χ1) is 14.7. The average molecular weight is 464 g/mol. The van der Waals surface area contributed by atoms with Crippen LogP contribution in [0.2, 0.25) is 0 Å². The molecule has 1 heterocycles. The molecule has 2 aromatic carbocycles. The second-order valence-corrected chi connectivity index (χ2v) is 9.94. The summed E-state index contributed by atoms with van der Waals surface area (Å²) in [4.78, 5) is 8.70. The van der Waals surface area contributed by atoms with Crippen LogP contribution in [-0.2, 0) is 20.0 Å². The number of nitrogens with one attached hydrogen (secondary N) is 3. The molecular weight excluding hydrogens is 442 g/mol. The van der Waals surface area contributed by atoms with Crippen molar-refractivity contribution in [3.63, 3.8) is 0 Å². The van der Waals surface area contributed by atoms with Crippen molar-refractivity contribution in [1.82, 2.24) is 19.4 Å². The molecule has 0 bridgehead atoms. The molecule has 3 N–H and O–H groups in total. The van der Waals surface area contributed by atoms with E-state index in [9.17, 15) is 16.8 Å². The molecule has 12 heteroatoms. The highest BCUT2D eigenvalue weighted by molar-refractivity contribution is 7.89. The molecule has 0 fully saturated rings. The van der Waals surface area contributed by atoms with Gasteiger partial charge < -0.3 is 10.1 Å². The minimum atomic E-state index is -3.74. The van der Waals surface area contributed by atoms with E-state index < -0.39 is 20.0 Å². The Kier molecular flexibility index (Phi) is 6.55. The molecule has 0 aliphatic heterocycles. The van der Waals surface area contributed by atoms with Gasteiger partial charge in [0.1, 0.15) is 10.6 Å². The van der Waals surface area contributed by atoms with Crippen molar-refractivity contribution in [2.45, 2.75) is 9.79 Å². The summed E-state index contributed by atoms with van der Waals surface area (Å²) in [6, 6.07) is 12.4. The first-order valence-electron chi connectivity index (χ1n) is 8.96. The number of anilines is 2. The van der Waals surface area contributed by atoms with Crippen LogP contribution >= 0.6 is 0 Å². The summed E-state index contributed by atoms with van der Waals surface area (Å²) in [6.07, 6.45) is 1.53. The van der Waals surface area contributed by atoms with E-state index in [4.69, 9.17) is 4.74 Å². The quantitative estimate of drug-likeness (QED) is 0.459. The van der Waals surface area contributed by atoms with Gasteiger partial charge in [-0.2, -0.15) is 0 Å². The summed E-state index contributed by atoms with van der Waals surface area (Å²) >= 11 is 0. The van der Waals surface area contributed by atoms with E-state index in [0.717, 1.165) is 0 Å². The van der Waals surface area contributed by atoms with Crippen molar-refractivity contribution >= 4 is 31.7 Å². The third kappa shape index (κ3) is 4.99. The van der Waals surface area contributed by atoms with E-state index in [0.29, 0.717) is 16.9 Å². The maximum Gasteiger partial charge on any atom is 0.244 e. The monoisotopic (exact) mass is 463 g/mol. The molecule has 0 spiro atoms. The fourth-order valence-electron chi connectivity index (χ4n) is 2.70. The lowest BCUT2D eigenvalue weighted by atomic mass is 10.1. The first kappa shape index (κ1) is 22.6. The molecule has 0 saturated heterocycles. The van der Waals surface area contributed by atoms with E-state index >= 15 is 0 Å². The normalized spacial score (nSPS) is 11.8. The maximum absolute atomic E-state index is 12.3. The number of methoxy groups -OCH3 is 1. The van der Waals surface area contributed by atoms with Crippen LogP contribution in [0.5, 0.6) is 5.75 Å². The molecule has 0 amide bonds. The molecule has 10 nitrogen and oxygen atoms in total. The van der Waals surface area contributed by atoms with E-state index in [-0.39, 0.29) is 21.5 Å². The Hall–Kier alpha value is -3.06. The topological polar surface area (TPSA) is 139 Å². The molecule has 0 saturated carbocycles. The number of hydrogen-bond acceptors (Lipinski definition) is 8. The average Bonchev–Trinajstić information content (AvgIpc) is 2.79. The Morgan fingerprint density at radius 1 is 0.871 bits per heavy atom. The van der Waals surface area contributed by atoms with Gasteiger partial charge >= 0.3 is 0 Å². The SMILES string of the molecule is CNS(=O)(=O)c1ccc(Nc2nccc(-c3ccc(OC)c(S(=O)(=O)NC)c3)n2)cc1. The van der Waals surface area contributed by atoms with Gasteiger partial charge in [-0.15, -0.1) is 0 Å². The Morgan fingerprint density at radius 2 is 1.55 bits per heavy atom. The largest absolute Gasteiger partial charge is 0.495 e. The summed E-state index contributed by atoms with van der Waals surface area (Å²) in [5, 5.41) is 3.00. The van der Waals surface area contributed by atoms with Crippen LogP contribution in [0.1, 0.15) is 0 Å². The van der Waals surface area contributed by atoms with Crippen LogP contribution in [-0.4, -0.2) is 48.0 Å². The molecule has 0 atom stereocenters. The van der Waals surface area contributed by atoms with Gasteiger partial charge in [0, 0.05) is 17.4 Å². The highest BCUT2D eigenvalue weighted by Crippen LogP contribution is 2.29. The van der Waals surface area contributed by atoms with Crippen molar-refractivity contribution < 1.29 is 21.6 Å². The second kappa shape index (κ2) is 8.98. The first-order valence-corrected chi connectivity index (χ1v) is 11.9. The molecule has 0 aliphatic rings. The molecule has 0 radical (unpaired) electrons. The van der Waals surface area contributed by atoms with Gasteiger partial charge in [0.05, 0.1) is 17.7 Å². The van der Waals surface area contributed by atoms with Gasteiger partial charge in [0.15, 0.2) is 0 Å². The van der Waals surface area contributed by atoms with Crippen LogP contribution < -0.4 is 19.5 Å². The number of sulfonamides is 2. The third-order valence-corrected chi connectivity index (χ3v) is 7.23. The number of hydrogen-bond donors (Lipinski definition) is 3. The smallest absolute Gasteiger partial charge is 0.244 e. The Morgan fingerprint density at radius 3 is 2.16 bits per heavy atom. The van der Waals surface area contributed by atoms with E-state index in [2.05, 4.69) is 24.7 Å². The van der Waals surface area contributed by atoms with E-state index in [1.54, 1.807) is 30.3 Å². The van der Waals surface area contributed by atoms with Crippen LogP contribution in [0.4, 0.5) is 11.6 Å². The minimum absolute atomic E-state index is 0.00977. The standard InChI is InChI=1S/C19H21N5O5S2/c1-20-30(25,26)15-7-5-14(6-8-15)23-19-22-11-10-16(24-19)13-4-9-17(29-3)18(12-13)31(27,28)21-2/h4-12,20-21H,1-3H3,(H,22,23,24). The lowest BCUT2D eigenvalue weighted by Crippen LogP contribution is -2.19. The van der Waals surface area contributed by atoms with E-state index in [1.165, 1.54) is 45.6 Å². The van der Waals surface area contributed by atoms with Gasteiger partial charge in [-0.3, -0.25) is 0 Å². The lowest BCUT2D eigenvalue weighted by molar-refractivity contribution is 0.402. The summed E-state index contributed by atoms with van der Waals surface area (Å²) in [5.41, 5.74) is 1.62. The van der Waals surface area contributed by atoms with Gasteiger partial charge in [0.25, 0.3) is 0 Å².